The van der Waals surface area contributed by atoms with E-state index in [4.69, 9.17) is 0 Å². The van der Waals surface area contributed by atoms with Gasteiger partial charge in [0.1, 0.15) is 5.82 Å². The molecule has 1 N–H and O–H groups in total. The molecule has 0 saturated carbocycles. The Bertz CT molecular complexity index is 451. The van der Waals surface area contributed by atoms with E-state index < -0.39 is 0 Å². The lowest BCUT2D eigenvalue weighted by Gasteiger charge is -2.38. The van der Waals surface area contributed by atoms with Gasteiger partial charge in [0, 0.05) is 30.9 Å². The van der Waals surface area contributed by atoms with Crippen LogP contribution in [0.3, 0.4) is 0 Å². The van der Waals surface area contributed by atoms with E-state index in [1.165, 1.54) is 31.2 Å². The maximum absolute atomic E-state index is 4.61. The smallest absolute Gasteiger partial charge is 0.143 e. The Kier molecular flexibility index (Phi) is 3.81. The summed E-state index contributed by atoms with van der Waals surface area (Å²) in [6.45, 7) is 5.40. The minimum absolute atomic E-state index is 0.634. The maximum atomic E-state index is 4.61. The van der Waals surface area contributed by atoms with Crippen LogP contribution in [0.5, 0.6) is 0 Å². The molecule has 3 heterocycles. The summed E-state index contributed by atoms with van der Waals surface area (Å²) in [6, 6.07) is 4.14. The predicted octanol–water partition coefficient (Wildman–Crippen LogP) is 3.26. The third-order valence-electron chi connectivity index (χ3n) is 4.57. The van der Waals surface area contributed by atoms with E-state index in [2.05, 4.69) is 51.0 Å². The van der Waals surface area contributed by atoms with Crippen LogP contribution in [0.15, 0.2) is 16.7 Å². The Morgan fingerprint density at radius 2 is 2.05 bits per heavy atom. The second kappa shape index (κ2) is 5.41. The Balaban J connectivity index is 1.86. The summed E-state index contributed by atoms with van der Waals surface area (Å²) in [5, 5.41) is 3.72. The highest BCUT2D eigenvalue weighted by Gasteiger charge is 2.36. The van der Waals surface area contributed by atoms with Crippen molar-refractivity contribution in [2.24, 2.45) is 0 Å². The molecule has 3 rings (SSSR count). The van der Waals surface area contributed by atoms with E-state index in [0.717, 1.165) is 28.9 Å². The van der Waals surface area contributed by atoms with Gasteiger partial charge in [-0.1, -0.05) is 0 Å². The van der Waals surface area contributed by atoms with Crippen LogP contribution in [0.1, 0.15) is 38.2 Å². The molecule has 0 radical (unpaired) electrons. The van der Waals surface area contributed by atoms with Gasteiger partial charge in [0.15, 0.2) is 0 Å². The van der Waals surface area contributed by atoms with Crippen molar-refractivity contribution in [2.45, 2.75) is 57.7 Å². The molecule has 4 heteroatoms. The van der Waals surface area contributed by atoms with Gasteiger partial charge in [-0.15, -0.1) is 0 Å². The minimum atomic E-state index is 0.634. The van der Waals surface area contributed by atoms with Gasteiger partial charge in [0.25, 0.3) is 0 Å². The molecule has 3 nitrogen and oxygen atoms in total. The van der Waals surface area contributed by atoms with E-state index in [-0.39, 0.29) is 0 Å². The number of hydrogen-bond acceptors (Lipinski definition) is 3. The van der Waals surface area contributed by atoms with Crippen molar-refractivity contribution in [1.29, 1.82) is 0 Å². The van der Waals surface area contributed by atoms with Gasteiger partial charge >= 0.3 is 0 Å². The van der Waals surface area contributed by atoms with E-state index in [9.17, 15) is 0 Å². The molecular formula is C15H22BrN3. The largest absolute Gasteiger partial charge is 0.353 e. The number of nitrogens with zero attached hydrogens (tertiary/aromatic N) is 2. The van der Waals surface area contributed by atoms with Gasteiger partial charge in [0.05, 0.1) is 4.47 Å². The number of halogens is 1. The van der Waals surface area contributed by atoms with Gasteiger partial charge < -0.3 is 10.2 Å². The van der Waals surface area contributed by atoms with Crippen LogP contribution >= 0.6 is 15.9 Å². The summed E-state index contributed by atoms with van der Waals surface area (Å²) < 4.78 is 1.16. The summed E-state index contributed by atoms with van der Waals surface area (Å²) in [5.74, 6) is 1.12. The molecule has 1 aromatic rings. The number of pyridine rings is 1. The lowest BCUT2D eigenvalue weighted by Crippen LogP contribution is -2.48. The highest BCUT2D eigenvalue weighted by Crippen LogP contribution is 2.34. The molecule has 2 unspecified atom stereocenters. The van der Waals surface area contributed by atoms with E-state index >= 15 is 0 Å². The van der Waals surface area contributed by atoms with Crippen LogP contribution in [-0.4, -0.2) is 29.7 Å². The normalized spacial score (nSPS) is 29.5. The van der Waals surface area contributed by atoms with Crippen LogP contribution < -0.4 is 10.2 Å². The highest BCUT2D eigenvalue weighted by molar-refractivity contribution is 9.10. The number of nitrogens with one attached hydrogen (secondary N) is 1. The second-order valence-corrected chi connectivity index (χ2v) is 6.61. The molecule has 0 aromatic carbocycles. The molecule has 2 fully saturated rings. The molecular weight excluding hydrogens is 302 g/mol. The molecule has 2 aliphatic rings. The zero-order chi connectivity index (χ0) is 13.4. The lowest BCUT2D eigenvalue weighted by molar-refractivity contribution is 0.347. The zero-order valence-electron chi connectivity index (χ0n) is 11.7. The molecule has 2 saturated heterocycles. The molecule has 2 atom stereocenters. The first kappa shape index (κ1) is 13.4. The van der Waals surface area contributed by atoms with Crippen molar-refractivity contribution in [1.82, 2.24) is 10.3 Å². The zero-order valence-corrected chi connectivity index (χ0v) is 13.3. The third-order valence-corrected chi connectivity index (χ3v) is 5.55. The van der Waals surface area contributed by atoms with Crippen molar-refractivity contribution in [3.8, 4) is 0 Å². The topological polar surface area (TPSA) is 28.2 Å². The Morgan fingerprint density at radius 3 is 2.68 bits per heavy atom. The molecule has 2 bridgehead atoms. The minimum Gasteiger partial charge on any atom is -0.353 e. The number of anilines is 1. The van der Waals surface area contributed by atoms with Gasteiger partial charge in [-0.25, -0.2) is 4.98 Å². The van der Waals surface area contributed by atoms with E-state index in [1.54, 1.807) is 0 Å². The molecule has 19 heavy (non-hydrogen) atoms. The summed E-state index contributed by atoms with van der Waals surface area (Å²) in [4.78, 5) is 7.10. The summed E-state index contributed by atoms with van der Waals surface area (Å²) in [6.07, 6.45) is 7.13. The van der Waals surface area contributed by atoms with E-state index in [0.29, 0.717) is 6.04 Å². The number of fused-ring (bicyclic) bond motifs is 2. The average Bonchev–Trinajstić information content (AvgIpc) is 2.74. The van der Waals surface area contributed by atoms with Crippen molar-refractivity contribution >= 4 is 21.7 Å². The predicted molar refractivity (Wildman–Crippen MR) is 82.7 cm³/mol. The van der Waals surface area contributed by atoms with Crippen LogP contribution in [0, 0.1) is 6.92 Å². The highest BCUT2D eigenvalue weighted by atomic mass is 79.9. The molecule has 0 spiro atoms. The van der Waals surface area contributed by atoms with Gasteiger partial charge in [-0.05, 0) is 67.1 Å². The van der Waals surface area contributed by atoms with Crippen molar-refractivity contribution < 1.29 is 0 Å². The average molecular weight is 324 g/mol. The SMILES string of the molecule is CCN(c1nccc(C)c1Br)C1CC2CCC(C1)N2. The molecule has 2 aliphatic heterocycles. The first-order valence-corrected chi connectivity index (χ1v) is 8.12. The van der Waals surface area contributed by atoms with Crippen molar-refractivity contribution in [3.63, 3.8) is 0 Å². The fourth-order valence-electron chi connectivity index (χ4n) is 3.59. The van der Waals surface area contributed by atoms with Crippen LogP contribution in [0.25, 0.3) is 0 Å². The van der Waals surface area contributed by atoms with Crippen LogP contribution in [-0.2, 0) is 0 Å². The van der Waals surface area contributed by atoms with Gasteiger partial charge in [-0.2, -0.15) is 0 Å². The third kappa shape index (κ3) is 2.52. The monoisotopic (exact) mass is 323 g/mol. The number of piperidine rings is 1. The number of rotatable bonds is 3. The van der Waals surface area contributed by atoms with E-state index in [1.807, 2.05) is 6.20 Å². The summed E-state index contributed by atoms with van der Waals surface area (Å²) in [7, 11) is 0. The summed E-state index contributed by atoms with van der Waals surface area (Å²) in [5.41, 5.74) is 1.26. The van der Waals surface area contributed by atoms with Gasteiger partial charge in [0.2, 0.25) is 0 Å². The Hall–Kier alpha value is -0.610. The number of aryl methyl sites for hydroxylation is 1. The number of aromatic nitrogens is 1. The lowest BCUT2D eigenvalue weighted by atomic mass is 9.98. The standard InChI is InChI=1S/C15H22BrN3/c1-3-19(15-14(16)10(2)6-7-17-15)13-8-11-4-5-12(9-13)18-11/h6-7,11-13,18H,3-5,8-9H2,1-2H3. The van der Waals surface area contributed by atoms with Crippen molar-refractivity contribution in [2.75, 3.05) is 11.4 Å². The quantitative estimate of drug-likeness (QED) is 0.925. The van der Waals surface area contributed by atoms with Crippen LogP contribution in [0.4, 0.5) is 5.82 Å². The fraction of sp³-hybridized carbons (Fsp3) is 0.667. The fourth-order valence-corrected chi connectivity index (χ4v) is 4.05. The number of hydrogen-bond donors (Lipinski definition) is 1. The van der Waals surface area contributed by atoms with Gasteiger partial charge in [-0.3, -0.25) is 0 Å². The molecule has 1 aromatic heterocycles. The Morgan fingerprint density at radius 1 is 1.37 bits per heavy atom. The maximum Gasteiger partial charge on any atom is 0.143 e. The summed E-state index contributed by atoms with van der Waals surface area (Å²) >= 11 is 3.71. The second-order valence-electron chi connectivity index (χ2n) is 5.81. The first-order chi connectivity index (χ1) is 9.19. The molecule has 104 valence electrons. The Labute approximate surface area is 123 Å². The molecule has 0 amide bonds. The molecule has 0 aliphatic carbocycles. The first-order valence-electron chi connectivity index (χ1n) is 7.32. The van der Waals surface area contributed by atoms with Crippen LogP contribution in [0.2, 0.25) is 0 Å². The van der Waals surface area contributed by atoms with Crippen molar-refractivity contribution in [3.05, 3.63) is 22.3 Å².